The lowest BCUT2D eigenvalue weighted by Gasteiger charge is -2.11. The van der Waals surface area contributed by atoms with Crippen LogP contribution in [0.15, 0.2) is 47.4 Å². The molecule has 0 aliphatic carbocycles. The van der Waals surface area contributed by atoms with Crippen molar-refractivity contribution in [2.75, 3.05) is 20.0 Å². The number of thioether (sulfide) groups is 1. The Morgan fingerprint density at radius 1 is 1.12 bits per heavy atom. The van der Waals surface area contributed by atoms with Crippen LogP contribution in [-0.2, 0) is 16.1 Å². The third kappa shape index (κ3) is 5.39. The number of hydrogen-bond donors (Lipinski definition) is 0. The zero-order valence-electron chi connectivity index (χ0n) is 13.8. The molecule has 0 radical (unpaired) electrons. The molecule has 0 unspecified atom stereocenters. The van der Waals surface area contributed by atoms with Gasteiger partial charge in [-0.3, -0.25) is 14.9 Å². The predicted molar refractivity (Wildman–Crippen MR) is 93.2 cm³/mol. The number of nitro groups is 1. The number of carbonyl (C=O) groups is 1. The van der Waals surface area contributed by atoms with Gasteiger partial charge in [0.1, 0.15) is 18.1 Å². The van der Waals surface area contributed by atoms with E-state index in [9.17, 15) is 14.9 Å². The van der Waals surface area contributed by atoms with Crippen molar-refractivity contribution in [1.82, 2.24) is 0 Å². The second-order valence-electron chi connectivity index (χ2n) is 4.88. The zero-order chi connectivity index (χ0) is 18.2. The van der Waals surface area contributed by atoms with Crippen molar-refractivity contribution in [2.24, 2.45) is 0 Å². The Morgan fingerprint density at radius 2 is 1.84 bits per heavy atom. The fraction of sp³-hybridized carbons (Fsp3) is 0.235. The molecule has 0 aliphatic heterocycles. The number of carbonyl (C=O) groups excluding carboxylic acids is 1. The second kappa shape index (κ2) is 8.93. The molecular weight excluding hydrogens is 346 g/mol. The first-order valence-corrected chi connectivity index (χ1v) is 8.26. The molecule has 0 spiro atoms. The number of nitrogens with zero attached hydrogens (tertiary/aromatic N) is 1. The van der Waals surface area contributed by atoms with Gasteiger partial charge in [-0.2, -0.15) is 0 Å². The van der Waals surface area contributed by atoms with Crippen LogP contribution in [0.4, 0.5) is 5.69 Å². The fourth-order valence-corrected chi connectivity index (χ4v) is 2.70. The molecule has 0 fully saturated rings. The van der Waals surface area contributed by atoms with E-state index < -0.39 is 10.9 Å². The van der Waals surface area contributed by atoms with Gasteiger partial charge in [0.25, 0.3) is 5.69 Å². The summed E-state index contributed by atoms with van der Waals surface area (Å²) in [5.41, 5.74) is 0.715. The molecule has 2 aromatic carbocycles. The Balaban J connectivity index is 1.87. The van der Waals surface area contributed by atoms with E-state index in [4.69, 9.17) is 14.2 Å². The number of ether oxygens (including phenoxy) is 3. The number of esters is 1. The maximum absolute atomic E-state index is 11.9. The number of non-ortho nitro benzene ring substituents is 1. The topological polar surface area (TPSA) is 87.9 Å². The van der Waals surface area contributed by atoms with Crippen LogP contribution in [0.5, 0.6) is 11.5 Å². The van der Waals surface area contributed by atoms with Gasteiger partial charge in [-0.25, -0.2) is 0 Å². The summed E-state index contributed by atoms with van der Waals surface area (Å²) >= 11 is 1.25. The number of rotatable bonds is 8. The van der Waals surface area contributed by atoms with Crippen LogP contribution in [0.25, 0.3) is 0 Å². The van der Waals surface area contributed by atoms with E-state index in [1.807, 2.05) is 0 Å². The van der Waals surface area contributed by atoms with Crippen LogP contribution in [0.1, 0.15) is 5.56 Å². The summed E-state index contributed by atoms with van der Waals surface area (Å²) in [5.74, 6) is 0.960. The predicted octanol–water partition coefficient (Wildman–Crippen LogP) is 3.45. The Morgan fingerprint density at radius 3 is 2.44 bits per heavy atom. The van der Waals surface area contributed by atoms with E-state index in [1.165, 1.54) is 31.0 Å². The van der Waals surface area contributed by atoms with Crippen LogP contribution in [-0.4, -0.2) is 30.9 Å². The van der Waals surface area contributed by atoms with Crippen molar-refractivity contribution < 1.29 is 23.9 Å². The summed E-state index contributed by atoms with van der Waals surface area (Å²) in [6.45, 7) is 0.0695. The van der Waals surface area contributed by atoms with E-state index in [0.717, 1.165) is 4.90 Å². The standard InChI is InChI=1S/C17H17NO6S/c1-22-14-5-8-16(23-2)12(9-14)10-24-17(19)11-25-15-6-3-13(4-7-15)18(20)21/h3-9H,10-11H2,1-2H3. The number of hydrogen-bond acceptors (Lipinski definition) is 7. The lowest BCUT2D eigenvalue weighted by molar-refractivity contribution is -0.384. The molecule has 132 valence electrons. The minimum absolute atomic E-state index is 0.0112. The van der Waals surface area contributed by atoms with E-state index in [1.54, 1.807) is 37.4 Å². The van der Waals surface area contributed by atoms with E-state index in [0.29, 0.717) is 17.1 Å². The van der Waals surface area contributed by atoms with Crippen LogP contribution in [0.2, 0.25) is 0 Å². The molecule has 0 N–H and O–H groups in total. The maximum atomic E-state index is 11.9. The lowest BCUT2D eigenvalue weighted by Crippen LogP contribution is -2.08. The number of nitro benzene ring substituents is 1. The van der Waals surface area contributed by atoms with Crippen molar-refractivity contribution in [1.29, 1.82) is 0 Å². The van der Waals surface area contributed by atoms with Crippen LogP contribution in [0, 0.1) is 10.1 Å². The summed E-state index contributed by atoms with van der Waals surface area (Å²) in [6.07, 6.45) is 0. The van der Waals surface area contributed by atoms with Crippen LogP contribution >= 0.6 is 11.8 Å². The Labute approximate surface area is 149 Å². The molecule has 8 heteroatoms. The average Bonchev–Trinajstić information content (AvgIpc) is 2.64. The van der Waals surface area contributed by atoms with Crippen LogP contribution < -0.4 is 9.47 Å². The van der Waals surface area contributed by atoms with Crippen LogP contribution in [0.3, 0.4) is 0 Å². The Kier molecular flexibility index (Phi) is 6.64. The molecule has 0 atom stereocenters. The molecule has 2 rings (SSSR count). The largest absolute Gasteiger partial charge is 0.497 e. The van der Waals surface area contributed by atoms with Gasteiger partial charge in [-0.05, 0) is 30.3 Å². The maximum Gasteiger partial charge on any atom is 0.316 e. The molecule has 25 heavy (non-hydrogen) atoms. The summed E-state index contributed by atoms with van der Waals surface area (Å²) < 4.78 is 15.6. The zero-order valence-corrected chi connectivity index (χ0v) is 14.6. The highest BCUT2D eigenvalue weighted by Gasteiger charge is 2.10. The van der Waals surface area contributed by atoms with Crippen molar-refractivity contribution >= 4 is 23.4 Å². The summed E-state index contributed by atoms with van der Waals surface area (Å²) in [7, 11) is 3.09. The van der Waals surface area contributed by atoms with Gasteiger partial charge in [0.05, 0.1) is 24.9 Å². The van der Waals surface area contributed by atoms with Gasteiger partial charge in [0, 0.05) is 22.6 Å². The molecule has 0 saturated carbocycles. The highest BCUT2D eigenvalue weighted by molar-refractivity contribution is 8.00. The molecule has 0 saturated heterocycles. The fourth-order valence-electron chi connectivity index (χ4n) is 2.00. The smallest absolute Gasteiger partial charge is 0.316 e. The number of benzene rings is 2. The second-order valence-corrected chi connectivity index (χ2v) is 5.93. The highest BCUT2D eigenvalue weighted by atomic mass is 32.2. The van der Waals surface area contributed by atoms with Crippen molar-refractivity contribution in [3.05, 3.63) is 58.1 Å². The third-order valence-corrected chi connectivity index (χ3v) is 4.27. The van der Waals surface area contributed by atoms with Gasteiger partial charge in [0.15, 0.2) is 0 Å². The first kappa shape index (κ1) is 18.6. The first-order valence-electron chi connectivity index (χ1n) is 7.27. The molecule has 0 aliphatic rings. The Bertz CT molecular complexity index is 747. The molecule has 7 nitrogen and oxygen atoms in total. The van der Waals surface area contributed by atoms with Gasteiger partial charge in [-0.1, -0.05) is 0 Å². The minimum atomic E-state index is -0.468. The quantitative estimate of drug-likeness (QED) is 0.307. The molecule has 0 heterocycles. The van der Waals surface area contributed by atoms with E-state index >= 15 is 0 Å². The summed E-state index contributed by atoms with van der Waals surface area (Å²) in [6, 6.07) is 11.2. The van der Waals surface area contributed by atoms with Gasteiger partial charge >= 0.3 is 5.97 Å². The molecule has 0 aromatic heterocycles. The third-order valence-electron chi connectivity index (χ3n) is 3.28. The van der Waals surface area contributed by atoms with Gasteiger partial charge < -0.3 is 14.2 Å². The number of methoxy groups -OCH3 is 2. The highest BCUT2D eigenvalue weighted by Crippen LogP contribution is 2.25. The minimum Gasteiger partial charge on any atom is -0.497 e. The molecular formula is C17H17NO6S. The average molecular weight is 363 g/mol. The van der Waals surface area contributed by atoms with Gasteiger partial charge in [-0.15, -0.1) is 11.8 Å². The van der Waals surface area contributed by atoms with Crippen molar-refractivity contribution in [2.45, 2.75) is 11.5 Å². The van der Waals surface area contributed by atoms with Crippen molar-refractivity contribution in [3.8, 4) is 11.5 Å². The van der Waals surface area contributed by atoms with E-state index in [2.05, 4.69) is 0 Å². The van der Waals surface area contributed by atoms with Gasteiger partial charge in [0.2, 0.25) is 0 Å². The lowest BCUT2D eigenvalue weighted by atomic mass is 10.2. The van der Waals surface area contributed by atoms with E-state index in [-0.39, 0.29) is 18.0 Å². The SMILES string of the molecule is COc1ccc(OC)c(COC(=O)CSc2ccc([N+](=O)[O-])cc2)c1. The Hall–Kier alpha value is -2.74. The van der Waals surface area contributed by atoms with Crippen molar-refractivity contribution in [3.63, 3.8) is 0 Å². The first-order chi connectivity index (χ1) is 12.0. The summed E-state index contributed by atoms with van der Waals surface area (Å²) in [4.78, 5) is 22.8. The molecule has 2 aromatic rings. The normalized spacial score (nSPS) is 10.2. The molecule has 0 amide bonds. The monoisotopic (exact) mass is 363 g/mol. The molecule has 0 bridgehead atoms. The summed E-state index contributed by atoms with van der Waals surface area (Å²) in [5, 5.41) is 10.6.